The Morgan fingerprint density at radius 3 is 2.79 bits per heavy atom. The minimum Gasteiger partial charge on any atom is -0.404 e. The van der Waals surface area contributed by atoms with Crippen LogP contribution in [0, 0.1) is 0 Å². The Morgan fingerprint density at radius 1 is 1.36 bits per heavy atom. The minimum atomic E-state index is -0.586. The van der Waals surface area contributed by atoms with E-state index < -0.39 is 5.91 Å². The Morgan fingerprint density at radius 2 is 2.07 bits per heavy atom. The van der Waals surface area contributed by atoms with Crippen LogP contribution in [0.1, 0.15) is 10.4 Å². The van der Waals surface area contributed by atoms with Crippen LogP contribution < -0.4 is 16.7 Å². The zero-order valence-corrected chi connectivity index (χ0v) is 7.36. The first kappa shape index (κ1) is 8.50. The van der Waals surface area contributed by atoms with Crippen LogP contribution in [-0.4, -0.2) is 5.91 Å². The average Bonchev–Trinajstić information content (AvgIpc) is 2.16. The van der Waals surface area contributed by atoms with Gasteiger partial charge in [-0.1, -0.05) is 18.2 Å². The lowest BCUT2D eigenvalue weighted by atomic mass is 10.2. The molecule has 1 amide bonds. The van der Waals surface area contributed by atoms with Gasteiger partial charge in [0.05, 0.1) is 0 Å². The zero-order chi connectivity index (χ0) is 10.1. The largest absolute Gasteiger partial charge is 0.404 e. The lowest BCUT2D eigenvalue weighted by molar-refractivity contribution is -0.197. The number of hydrogen-bond donors (Lipinski definition) is 2. The number of benzene rings is 1. The fourth-order valence-corrected chi connectivity index (χ4v) is 1.29. The van der Waals surface area contributed by atoms with E-state index in [9.17, 15) is 4.79 Å². The maximum atomic E-state index is 10.9. The molecule has 0 unspecified atom stereocenters. The summed E-state index contributed by atoms with van der Waals surface area (Å²) in [6, 6.07) is 8.89. The van der Waals surface area contributed by atoms with Crippen molar-refractivity contribution >= 4 is 16.9 Å². The molecule has 0 saturated heterocycles. The van der Waals surface area contributed by atoms with Crippen molar-refractivity contribution in [2.45, 2.75) is 0 Å². The van der Waals surface area contributed by atoms with Crippen LogP contribution in [0.15, 0.2) is 34.7 Å². The highest BCUT2D eigenvalue weighted by Crippen LogP contribution is 2.11. The summed E-state index contributed by atoms with van der Waals surface area (Å²) in [5.74, 6) is -0.586. The van der Waals surface area contributed by atoms with Crippen molar-refractivity contribution in [1.29, 1.82) is 0 Å². The molecule has 0 saturated carbocycles. The van der Waals surface area contributed by atoms with Gasteiger partial charge in [-0.15, -0.1) is 0 Å². The first-order valence-corrected chi connectivity index (χ1v) is 4.09. The molecule has 2 aromatic rings. The van der Waals surface area contributed by atoms with Crippen molar-refractivity contribution in [3.05, 3.63) is 41.4 Å². The lowest BCUT2D eigenvalue weighted by Gasteiger charge is -1.96. The minimum absolute atomic E-state index is 0.0520. The van der Waals surface area contributed by atoms with Crippen LogP contribution in [0.4, 0.5) is 0 Å². The molecule has 4 nitrogen and oxygen atoms in total. The molecule has 0 atom stereocenters. The summed E-state index contributed by atoms with van der Waals surface area (Å²) in [6.45, 7) is 0. The number of carbonyl (C=O) groups excluding carboxylic acids is 1. The highest BCUT2D eigenvalue weighted by Gasteiger charge is 2.10. The normalized spacial score (nSPS) is 10.3. The van der Waals surface area contributed by atoms with E-state index in [0.717, 1.165) is 5.39 Å². The van der Waals surface area contributed by atoms with E-state index in [0.29, 0.717) is 5.58 Å². The molecule has 4 N–H and O–H groups in total. The molecule has 0 aliphatic rings. The van der Waals surface area contributed by atoms with Crippen LogP contribution in [0.25, 0.3) is 11.0 Å². The maximum Gasteiger partial charge on any atom is 0.377 e. The number of rotatable bonds is 1. The first-order valence-electron chi connectivity index (χ1n) is 4.09. The number of hydrogen-bond acceptors (Lipinski definition) is 2. The van der Waals surface area contributed by atoms with Gasteiger partial charge in [0.1, 0.15) is 5.58 Å². The molecule has 0 aliphatic carbocycles. The van der Waals surface area contributed by atoms with Gasteiger partial charge >= 0.3 is 5.55 Å². The summed E-state index contributed by atoms with van der Waals surface area (Å²) in [5.41, 5.74) is 6.02. The monoisotopic (exact) mass is 189 g/mol. The lowest BCUT2D eigenvalue weighted by Crippen LogP contribution is -2.48. The Bertz CT molecular complexity index is 557. The van der Waals surface area contributed by atoms with Gasteiger partial charge in [0.25, 0.3) is 5.91 Å². The van der Waals surface area contributed by atoms with Gasteiger partial charge in [-0.05, 0) is 12.1 Å². The standard InChI is InChI=1S/C10H8N2O2/c11-9(13)7-5-6-3-1-2-4-8(6)14-10(7)12/h1-5,12H,(H2,11,13)/p+1. The SMILES string of the molecule is NC(=O)c1cc2ccccc2oc1=[NH2+]. The summed E-state index contributed by atoms with van der Waals surface area (Å²) in [4.78, 5) is 10.9. The maximum absolute atomic E-state index is 10.9. The number of carbonyl (C=O) groups is 1. The van der Waals surface area contributed by atoms with Crippen molar-refractivity contribution in [2.24, 2.45) is 5.73 Å². The molecule has 0 fully saturated rings. The Kier molecular flexibility index (Phi) is 1.81. The van der Waals surface area contributed by atoms with Crippen molar-refractivity contribution in [3.63, 3.8) is 0 Å². The molecule has 0 aliphatic heterocycles. The number of para-hydroxylation sites is 1. The van der Waals surface area contributed by atoms with E-state index in [1.165, 1.54) is 0 Å². The highest BCUT2D eigenvalue weighted by atomic mass is 16.3. The third-order valence-corrected chi connectivity index (χ3v) is 1.97. The second kappa shape index (κ2) is 2.99. The van der Waals surface area contributed by atoms with Crippen molar-refractivity contribution in [2.75, 3.05) is 0 Å². The van der Waals surface area contributed by atoms with Crippen LogP contribution in [-0.2, 0) is 0 Å². The fourth-order valence-electron chi connectivity index (χ4n) is 1.29. The summed E-state index contributed by atoms with van der Waals surface area (Å²) in [5, 5.41) is 6.32. The quantitative estimate of drug-likeness (QED) is 0.615. The van der Waals surface area contributed by atoms with E-state index in [4.69, 9.17) is 15.6 Å². The third kappa shape index (κ3) is 1.26. The third-order valence-electron chi connectivity index (χ3n) is 1.97. The molecular formula is C10H9N2O2+. The molecule has 0 radical (unpaired) electrons. The molecule has 1 aromatic carbocycles. The second-order valence-electron chi connectivity index (χ2n) is 2.93. The number of amides is 1. The van der Waals surface area contributed by atoms with Gasteiger partial charge in [-0.2, -0.15) is 0 Å². The van der Waals surface area contributed by atoms with Crippen LogP contribution >= 0.6 is 0 Å². The molecule has 2 rings (SSSR count). The molecule has 0 bridgehead atoms. The molecule has 1 heterocycles. The molecular weight excluding hydrogens is 180 g/mol. The van der Waals surface area contributed by atoms with Crippen molar-refractivity contribution < 1.29 is 14.6 Å². The van der Waals surface area contributed by atoms with Gasteiger partial charge in [-0.3, -0.25) is 4.79 Å². The summed E-state index contributed by atoms with van der Waals surface area (Å²) in [6.07, 6.45) is 0. The van der Waals surface area contributed by atoms with Gasteiger partial charge in [0.15, 0.2) is 5.56 Å². The average molecular weight is 189 g/mol. The predicted molar refractivity (Wildman–Crippen MR) is 49.8 cm³/mol. The van der Waals surface area contributed by atoms with Crippen molar-refractivity contribution in [3.8, 4) is 0 Å². The number of nitrogens with two attached hydrogens (primary N) is 2. The summed E-state index contributed by atoms with van der Waals surface area (Å²) < 4.78 is 5.23. The van der Waals surface area contributed by atoms with Crippen LogP contribution in [0.3, 0.4) is 0 Å². The van der Waals surface area contributed by atoms with Crippen molar-refractivity contribution in [1.82, 2.24) is 0 Å². The van der Waals surface area contributed by atoms with Gasteiger partial charge in [0.2, 0.25) is 0 Å². The molecule has 4 heteroatoms. The fraction of sp³-hybridized carbons (Fsp3) is 0. The predicted octanol–water partition coefficient (Wildman–Crippen LogP) is -0.809. The molecule has 1 aromatic heterocycles. The van der Waals surface area contributed by atoms with E-state index in [1.807, 2.05) is 18.2 Å². The van der Waals surface area contributed by atoms with Crippen LogP contribution in [0.5, 0.6) is 0 Å². The number of primary amides is 1. The zero-order valence-electron chi connectivity index (χ0n) is 7.36. The van der Waals surface area contributed by atoms with Gasteiger partial charge < -0.3 is 10.2 Å². The van der Waals surface area contributed by atoms with E-state index in [-0.39, 0.29) is 11.1 Å². The van der Waals surface area contributed by atoms with E-state index in [2.05, 4.69) is 0 Å². The summed E-state index contributed by atoms with van der Waals surface area (Å²) in [7, 11) is 0. The topological polar surface area (TPSA) is 81.8 Å². The Labute approximate surface area is 79.5 Å². The molecule has 70 valence electrons. The van der Waals surface area contributed by atoms with Gasteiger partial charge in [-0.25, -0.2) is 5.41 Å². The molecule has 0 spiro atoms. The van der Waals surface area contributed by atoms with Gasteiger partial charge in [0, 0.05) is 5.39 Å². The smallest absolute Gasteiger partial charge is 0.377 e. The second-order valence-corrected chi connectivity index (χ2v) is 2.93. The van der Waals surface area contributed by atoms with E-state index >= 15 is 0 Å². The first-order chi connectivity index (χ1) is 6.68. The number of fused-ring (bicyclic) bond motifs is 1. The molecule has 14 heavy (non-hydrogen) atoms. The van der Waals surface area contributed by atoms with E-state index in [1.54, 1.807) is 12.1 Å². The Hall–Kier alpha value is -2.10. The van der Waals surface area contributed by atoms with Crippen LogP contribution in [0.2, 0.25) is 0 Å². The summed E-state index contributed by atoms with van der Waals surface area (Å²) >= 11 is 0. The highest BCUT2D eigenvalue weighted by molar-refractivity contribution is 5.95. The Balaban J connectivity index is 2.84.